The van der Waals surface area contributed by atoms with E-state index in [2.05, 4.69) is 0 Å². The quantitative estimate of drug-likeness (QED) is 0.466. The topological polar surface area (TPSA) is 61.6 Å². The summed E-state index contributed by atoms with van der Waals surface area (Å²) in [5.41, 5.74) is 0.572. The number of hydrogen-bond acceptors (Lipinski definition) is 5. The molecule has 0 radical (unpaired) electrons. The zero-order valence-corrected chi connectivity index (χ0v) is 13.3. The van der Waals surface area contributed by atoms with Gasteiger partial charge in [-0.2, -0.15) is 0 Å². The van der Waals surface area contributed by atoms with Crippen LogP contribution in [0.5, 0.6) is 11.5 Å². The Labute approximate surface area is 127 Å². The third-order valence-corrected chi connectivity index (χ3v) is 4.18. The number of nitro groups is 1. The Morgan fingerprint density at radius 3 is 2.29 bits per heavy atom. The second kappa shape index (κ2) is 6.24. The maximum Gasteiger partial charge on any atom is 0.284 e. The largest absolute Gasteiger partial charge is 0.435 e. The molecule has 0 N–H and O–H groups in total. The predicted octanol–water partition coefficient (Wildman–Crippen LogP) is 4.30. The molecule has 7 heteroatoms. The zero-order chi connectivity index (χ0) is 15.5. The van der Waals surface area contributed by atoms with Crippen LogP contribution in [0.3, 0.4) is 0 Å². The lowest BCUT2D eigenvalue weighted by atomic mass is 10.2. The predicted molar refractivity (Wildman–Crippen MR) is 85.7 cm³/mol. The van der Waals surface area contributed by atoms with Gasteiger partial charge in [0.1, 0.15) is 11.5 Å². The Hall–Kier alpha value is -1.91. The van der Waals surface area contributed by atoms with E-state index in [1.165, 1.54) is 12.1 Å². The van der Waals surface area contributed by atoms with E-state index in [-0.39, 0.29) is 5.69 Å². The van der Waals surface area contributed by atoms with E-state index in [1.54, 1.807) is 31.8 Å². The van der Waals surface area contributed by atoms with Crippen molar-refractivity contribution in [1.82, 2.24) is 0 Å². The Morgan fingerprint density at radius 2 is 1.71 bits per heavy atom. The van der Waals surface area contributed by atoms with Crippen molar-refractivity contribution in [3.63, 3.8) is 0 Å². The van der Waals surface area contributed by atoms with Gasteiger partial charge in [0, 0.05) is 18.3 Å². The van der Waals surface area contributed by atoms with E-state index in [0.29, 0.717) is 17.1 Å². The molecule has 0 fully saturated rings. The molecule has 0 aliphatic carbocycles. The van der Waals surface area contributed by atoms with Gasteiger partial charge in [-0.3, -0.25) is 10.1 Å². The van der Waals surface area contributed by atoms with Crippen LogP contribution in [0.1, 0.15) is 5.56 Å². The molecule has 5 nitrogen and oxygen atoms in total. The van der Waals surface area contributed by atoms with Crippen LogP contribution in [-0.4, -0.2) is 11.6 Å². The van der Waals surface area contributed by atoms with Gasteiger partial charge in [-0.25, -0.2) is 0 Å². The normalized spacial score (nSPS) is 13.2. The minimum Gasteiger partial charge on any atom is -0.435 e. The average molecular weight is 323 g/mol. The minimum absolute atomic E-state index is 0.0516. The summed E-state index contributed by atoms with van der Waals surface area (Å²) >= 11 is 5.37. The molecule has 0 aromatic heterocycles. The van der Waals surface area contributed by atoms with Crippen molar-refractivity contribution in [2.24, 2.45) is 0 Å². The van der Waals surface area contributed by atoms with Gasteiger partial charge in [-0.15, -0.1) is 0 Å². The zero-order valence-electron chi connectivity index (χ0n) is 11.6. The fourth-order valence-corrected chi connectivity index (χ4v) is 3.33. The molecule has 1 atom stereocenters. The first-order valence-electron chi connectivity index (χ1n) is 6.14. The summed E-state index contributed by atoms with van der Waals surface area (Å²) in [5, 5.41) is 10.8. The standard InChI is InChI=1S/C14H14NO4PS/c1-11-10-13(8-9-14(11)15(16)17)19-20(2,21)18-12-6-4-3-5-7-12/h3-10H,1-2H3. The number of para-hydroxylation sites is 1. The van der Waals surface area contributed by atoms with Crippen molar-refractivity contribution in [3.8, 4) is 11.5 Å². The number of rotatable bonds is 5. The molecular formula is C14H14NO4PS. The van der Waals surface area contributed by atoms with Gasteiger partial charge in [0.15, 0.2) is 0 Å². The van der Waals surface area contributed by atoms with Crippen molar-refractivity contribution < 1.29 is 14.0 Å². The second-order valence-corrected chi connectivity index (χ2v) is 8.37. The van der Waals surface area contributed by atoms with Crippen LogP contribution in [0.2, 0.25) is 0 Å². The van der Waals surface area contributed by atoms with Crippen LogP contribution in [0.4, 0.5) is 5.69 Å². The van der Waals surface area contributed by atoms with Crippen molar-refractivity contribution in [3.05, 3.63) is 64.2 Å². The number of hydrogen-bond donors (Lipinski definition) is 0. The third kappa shape index (κ3) is 4.28. The lowest BCUT2D eigenvalue weighted by Crippen LogP contribution is -1.99. The van der Waals surface area contributed by atoms with Gasteiger partial charge in [0.25, 0.3) is 12.2 Å². The Kier molecular flexibility index (Phi) is 4.60. The summed E-state index contributed by atoms with van der Waals surface area (Å²) in [6.45, 7) is 0.838. The van der Waals surface area contributed by atoms with Crippen LogP contribution in [0.25, 0.3) is 0 Å². The summed E-state index contributed by atoms with van der Waals surface area (Å²) in [5.74, 6) is 1.11. The van der Waals surface area contributed by atoms with Crippen LogP contribution < -0.4 is 9.05 Å². The van der Waals surface area contributed by atoms with Crippen molar-refractivity contribution >= 4 is 24.0 Å². The van der Waals surface area contributed by atoms with Crippen LogP contribution in [-0.2, 0) is 11.8 Å². The van der Waals surface area contributed by atoms with E-state index in [9.17, 15) is 10.1 Å². The highest BCUT2D eigenvalue weighted by Crippen LogP contribution is 2.45. The number of nitrogens with zero attached hydrogens (tertiary/aromatic N) is 1. The Morgan fingerprint density at radius 1 is 1.10 bits per heavy atom. The van der Waals surface area contributed by atoms with Gasteiger partial charge >= 0.3 is 0 Å². The van der Waals surface area contributed by atoms with Gasteiger partial charge < -0.3 is 9.05 Å². The Bertz CT molecular complexity index is 705. The van der Waals surface area contributed by atoms with Gasteiger partial charge in [0.2, 0.25) is 0 Å². The molecule has 1 unspecified atom stereocenters. The van der Waals surface area contributed by atoms with E-state index in [4.69, 9.17) is 20.9 Å². The summed E-state index contributed by atoms with van der Waals surface area (Å²) in [6.07, 6.45) is 0. The molecule has 21 heavy (non-hydrogen) atoms. The van der Waals surface area contributed by atoms with Gasteiger partial charge in [0.05, 0.1) is 4.92 Å². The number of benzene rings is 2. The fraction of sp³-hybridized carbons (Fsp3) is 0.143. The summed E-state index contributed by atoms with van der Waals surface area (Å²) in [7, 11) is 0. The fourth-order valence-electron chi connectivity index (χ4n) is 1.77. The molecule has 0 saturated carbocycles. The summed E-state index contributed by atoms with van der Waals surface area (Å²) in [4.78, 5) is 10.4. The SMILES string of the molecule is Cc1cc(OP(C)(=S)Oc2ccccc2)ccc1[N+](=O)[O-]. The van der Waals surface area contributed by atoms with E-state index >= 15 is 0 Å². The maximum atomic E-state index is 10.8. The Balaban J connectivity index is 2.15. The molecule has 0 saturated heterocycles. The molecule has 0 aliphatic rings. The second-order valence-electron chi connectivity index (χ2n) is 4.47. The average Bonchev–Trinajstić information content (AvgIpc) is 2.38. The molecule has 0 heterocycles. The van der Waals surface area contributed by atoms with Crippen LogP contribution in [0, 0.1) is 17.0 Å². The first-order chi connectivity index (χ1) is 9.87. The van der Waals surface area contributed by atoms with Crippen molar-refractivity contribution in [2.75, 3.05) is 6.66 Å². The molecule has 2 aromatic carbocycles. The van der Waals surface area contributed by atoms with E-state index in [1.807, 2.05) is 18.2 Å². The third-order valence-electron chi connectivity index (χ3n) is 2.65. The molecule has 0 bridgehead atoms. The molecule has 0 amide bonds. The van der Waals surface area contributed by atoms with Gasteiger partial charge in [-0.1, -0.05) is 18.2 Å². The van der Waals surface area contributed by atoms with Crippen molar-refractivity contribution in [2.45, 2.75) is 6.92 Å². The lowest BCUT2D eigenvalue weighted by Gasteiger charge is -2.19. The highest BCUT2D eigenvalue weighted by molar-refractivity contribution is 8.09. The van der Waals surface area contributed by atoms with Crippen LogP contribution in [0.15, 0.2) is 48.5 Å². The highest BCUT2D eigenvalue weighted by Gasteiger charge is 2.17. The lowest BCUT2D eigenvalue weighted by molar-refractivity contribution is -0.385. The molecule has 0 aliphatic heterocycles. The first-order valence-corrected chi connectivity index (χ1v) is 9.23. The van der Waals surface area contributed by atoms with E-state index in [0.717, 1.165) is 0 Å². The van der Waals surface area contributed by atoms with E-state index < -0.39 is 11.4 Å². The first kappa shape index (κ1) is 15.5. The number of aryl methyl sites for hydroxylation is 1. The molecule has 2 rings (SSSR count). The number of nitro benzene ring substituents is 1. The minimum atomic E-state index is -2.53. The maximum absolute atomic E-state index is 10.8. The molecule has 110 valence electrons. The van der Waals surface area contributed by atoms with Crippen molar-refractivity contribution in [1.29, 1.82) is 0 Å². The molecular weight excluding hydrogens is 309 g/mol. The summed E-state index contributed by atoms with van der Waals surface area (Å²) in [6, 6.07) is 13.7. The highest BCUT2D eigenvalue weighted by atomic mass is 32.5. The van der Waals surface area contributed by atoms with Crippen LogP contribution >= 0.6 is 6.49 Å². The van der Waals surface area contributed by atoms with Gasteiger partial charge in [-0.05, 0) is 43.0 Å². The molecule has 0 spiro atoms. The monoisotopic (exact) mass is 323 g/mol. The smallest absolute Gasteiger partial charge is 0.284 e. The summed E-state index contributed by atoms with van der Waals surface area (Å²) < 4.78 is 11.4. The molecule has 2 aromatic rings.